The maximum absolute atomic E-state index is 12.3. The van der Waals surface area contributed by atoms with Gasteiger partial charge in [-0.05, 0) is 24.1 Å². The molecule has 1 aromatic carbocycles. The Morgan fingerprint density at radius 3 is 2.42 bits per heavy atom. The number of aromatic nitrogens is 2. The highest BCUT2D eigenvalue weighted by Gasteiger charge is 2.20. The van der Waals surface area contributed by atoms with Gasteiger partial charge in [0.1, 0.15) is 6.33 Å². The Balaban J connectivity index is 2.04. The summed E-state index contributed by atoms with van der Waals surface area (Å²) in [5, 5.41) is 11.7. The van der Waals surface area contributed by atoms with Crippen LogP contribution in [0.15, 0.2) is 30.6 Å². The second-order valence-corrected chi connectivity index (χ2v) is 4.78. The smallest absolute Gasteiger partial charge is 0.335 e. The number of ether oxygens (including phenoxy) is 2. The number of carboxylic acid groups (broad SMARTS) is 1. The van der Waals surface area contributed by atoms with Gasteiger partial charge in [-0.25, -0.2) is 14.8 Å². The van der Waals surface area contributed by atoms with Crippen LogP contribution in [0.4, 0.5) is 0 Å². The van der Waals surface area contributed by atoms with Gasteiger partial charge < -0.3 is 19.9 Å². The number of amides is 1. The minimum Gasteiger partial charge on any atom is -0.480 e. The summed E-state index contributed by atoms with van der Waals surface area (Å²) in [4.78, 5) is 31.0. The SMILES string of the molecule is COc1ncnc(OC)c1C(=O)NCCc1cccc(C(=O)O)c1. The molecule has 2 N–H and O–H groups in total. The van der Waals surface area contributed by atoms with Crippen LogP contribution in [0.5, 0.6) is 11.8 Å². The lowest BCUT2D eigenvalue weighted by Gasteiger charge is -2.11. The van der Waals surface area contributed by atoms with Crippen LogP contribution in [0.3, 0.4) is 0 Å². The fourth-order valence-electron chi connectivity index (χ4n) is 2.13. The van der Waals surface area contributed by atoms with E-state index in [1.807, 2.05) is 0 Å². The number of rotatable bonds is 7. The Bertz CT molecular complexity index is 726. The quantitative estimate of drug-likeness (QED) is 0.783. The molecule has 1 amide bonds. The Hall–Kier alpha value is -3.16. The summed E-state index contributed by atoms with van der Waals surface area (Å²) in [5.74, 6) is -1.19. The number of carbonyl (C=O) groups excluding carboxylic acids is 1. The number of carboxylic acids is 1. The highest BCUT2D eigenvalue weighted by atomic mass is 16.5. The molecule has 0 unspecified atom stereocenters. The highest BCUT2D eigenvalue weighted by Crippen LogP contribution is 2.22. The van der Waals surface area contributed by atoms with Gasteiger partial charge in [0.05, 0.1) is 19.8 Å². The first-order valence-electron chi connectivity index (χ1n) is 7.10. The Kier molecular flexibility index (Phi) is 5.67. The van der Waals surface area contributed by atoms with Crippen molar-refractivity contribution in [3.63, 3.8) is 0 Å². The Morgan fingerprint density at radius 1 is 1.17 bits per heavy atom. The average molecular weight is 331 g/mol. The van der Waals surface area contributed by atoms with E-state index in [-0.39, 0.29) is 22.9 Å². The third-order valence-corrected chi connectivity index (χ3v) is 3.26. The van der Waals surface area contributed by atoms with E-state index in [1.54, 1.807) is 18.2 Å². The normalized spacial score (nSPS) is 10.1. The number of carbonyl (C=O) groups is 2. The molecule has 126 valence electrons. The third kappa shape index (κ3) is 3.97. The number of hydrogen-bond acceptors (Lipinski definition) is 6. The van der Waals surface area contributed by atoms with Gasteiger partial charge in [0, 0.05) is 6.54 Å². The molecule has 1 aromatic heterocycles. The fourth-order valence-corrected chi connectivity index (χ4v) is 2.13. The van der Waals surface area contributed by atoms with E-state index in [0.717, 1.165) is 5.56 Å². The number of nitrogens with zero attached hydrogens (tertiary/aromatic N) is 2. The maximum atomic E-state index is 12.3. The van der Waals surface area contributed by atoms with Crippen molar-refractivity contribution in [1.82, 2.24) is 15.3 Å². The largest absolute Gasteiger partial charge is 0.480 e. The summed E-state index contributed by atoms with van der Waals surface area (Å²) in [6, 6.07) is 6.55. The van der Waals surface area contributed by atoms with Gasteiger partial charge in [0.25, 0.3) is 5.91 Å². The van der Waals surface area contributed by atoms with E-state index in [2.05, 4.69) is 15.3 Å². The van der Waals surface area contributed by atoms with Gasteiger partial charge in [0.2, 0.25) is 11.8 Å². The number of nitrogens with one attached hydrogen (secondary N) is 1. The summed E-state index contributed by atoms with van der Waals surface area (Å²) in [6.45, 7) is 0.309. The molecule has 0 saturated carbocycles. The van der Waals surface area contributed by atoms with Crippen LogP contribution in [0.1, 0.15) is 26.3 Å². The molecule has 0 aliphatic heterocycles. The van der Waals surface area contributed by atoms with Crippen LogP contribution in [0.25, 0.3) is 0 Å². The molecule has 2 rings (SSSR count). The van der Waals surface area contributed by atoms with Crippen molar-refractivity contribution >= 4 is 11.9 Å². The molecular weight excluding hydrogens is 314 g/mol. The molecule has 0 atom stereocenters. The van der Waals surface area contributed by atoms with Crippen molar-refractivity contribution in [2.75, 3.05) is 20.8 Å². The summed E-state index contributed by atoms with van der Waals surface area (Å²) < 4.78 is 10.1. The molecule has 8 nitrogen and oxygen atoms in total. The molecule has 0 radical (unpaired) electrons. The van der Waals surface area contributed by atoms with Gasteiger partial charge in [-0.15, -0.1) is 0 Å². The zero-order valence-corrected chi connectivity index (χ0v) is 13.3. The second-order valence-electron chi connectivity index (χ2n) is 4.78. The minimum atomic E-state index is -0.989. The lowest BCUT2D eigenvalue weighted by molar-refractivity contribution is 0.0696. The molecule has 24 heavy (non-hydrogen) atoms. The van der Waals surface area contributed by atoms with Crippen LogP contribution < -0.4 is 14.8 Å². The van der Waals surface area contributed by atoms with Crippen LogP contribution in [-0.4, -0.2) is 47.7 Å². The first-order chi connectivity index (χ1) is 11.6. The monoisotopic (exact) mass is 331 g/mol. The Labute approximate surface area is 138 Å². The standard InChI is InChI=1S/C16H17N3O5/c1-23-14-12(15(24-2)19-9-18-14)13(20)17-7-6-10-4-3-5-11(8-10)16(21)22/h3-5,8-9H,6-7H2,1-2H3,(H,17,20)(H,21,22). The number of hydrogen-bond donors (Lipinski definition) is 2. The zero-order valence-electron chi connectivity index (χ0n) is 13.3. The Morgan fingerprint density at radius 2 is 1.83 bits per heavy atom. The zero-order chi connectivity index (χ0) is 17.5. The molecule has 8 heteroatoms. The number of benzene rings is 1. The third-order valence-electron chi connectivity index (χ3n) is 3.26. The van der Waals surface area contributed by atoms with Crippen molar-refractivity contribution in [1.29, 1.82) is 0 Å². The molecule has 0 spiro atoms. The molecule has 1 heterocycles. The molecule has 0 saturated heterocycles. The van der Waals surface area contributed by atoms with Crippen molar-refractivity contribution in [3.8, 4) is 11.8 Å². The molecule has 0 fully saturated rings. The van der Waals surface area contributed by atoms with Gasteiger partial charge in [-0.1, -0.05) is 12.1 Å². The summed E-state index contributed by atoms with van der Waals surface area (Å²) in [5.41, 5.74) is 1.12. The van der Waals surface area contributed by atoms with Crippen molar-refractivity contribution in [2.45, 2.75) is 6.42 Å². The van der Waals surface area contributed by atoms with Gasteiger partial charge >= 0.3 is 5.97 Å². The first-order valence-corrected chi connectivity index (χ1v) is 7.10. The predicted molar refractivity (Wildman–Crippen MR) is 84.6 cm³/mol. The minimum absolute atomic E-state index is 0.113. The molecule has 0 aliphatic carbocycles. The maximum Gasteiger partial charge on any atom is 0.335 e. The van der Waals surface area contributed by atoms with Crippen molar-refractivity contribution in [2.24, 2.45) is 0 Å². The lowest BCUT2D eigenvalue weighted by Crippen LogP contribution is -2.27. The van der Waals surface area contributed by atoms with E-state index in [0.29, 0.717) is 13.0 Å². The van der Waals surface area contributed by atoms with E-state index >= 15 is 0 Å². The van der Waals surface area contributed by atoms with Gasteiger partial charge in [-0.2, -0.15) is 0 Å². The van der Waals surface area contributed by atoms with Crippen LogP contribution in [0.2, 0.25) is 0 Å². The van der Waals surface area contributed by atoms with Gasteiger partial charge in [0.15, 0.2) is 5.56 Å². The molecule has 0 aliphatic rings. The number of methoxy groups -OCH3 is 2. The molecule has 0 bridgehead atoms. The number of aromatic carboxylic acids is 1. The lowest BCUT2D eigenvalue weighted by atomic mass is 10.1. The molecule has 2 aromatic rings. The van der Waals surface area contributed by atoms with E-state index in [1.165, 1.54) is 26.6 Å². The summed E-state index contributed by atoms with van der Waals surface area (Å²) in [7, 11) is 2.80. The second kappa shape index (κ2) is 7.91. The van der Waals surface area contributed by atoms with Crippen LogP contribution in [0, 0.1) is 0 Å². The summed E-state index contributed by atoms with van der Waals surface area (Å²) in [6.07, 6.45) is 1.72. The first kappa shape index (κ1) is 17.2. The predicted octanol–water partition coefficient (Wildman–Crippen LogP) is 1.16. The van der Waals surface area contributed by atoms with Crippen LogP contribution in [-0.2, 0) is 6.42 Å². The van der Waals surface area contributed by atoms with Gasteiger partial charge in [-0.3, -0.25) is 4.79 Å². The van der Waals surface area contributed by atoms with Crippen LogP contribution >= 0.6 is 0 Å². The molecular formula is C16H17N3O5. The van der Waals surface area contributed by atoms with E-state index < -0.39 is 11.9 Å². The fraction of sp³-hybridized carbons (Fsp3) is 0.250. The van der Waals surface area contributed by atoms with Crippen molar-refractivity contribution in [3.05, 3.63) is 47.3 Å². The average Bonchev–Trinajstić information content (AvgIpc) is 2.61. The summed E-state index contributed by atoms with van der Waals surface area (Å²) >= 11 is 0. The van der Waals surface area contributed by atoms with E-state index in [4.69, 9.17) is 14.6 Å². The topological polar surface area (TPSA) is 111 Å². The van der Waals surface area contributed by atoms with Crippen molar-refractivity contribution < 1.29 is 24.2 Å². The highest BCUT2D eigenvalue weighted by molar-refractivity contribution is 5.98. The van der Waals surface area contributed by atoms with E-state index in [9.17, 15) is 9.59 Å².